The van der Waals surface area contributed by atoms with Gasteiger partial charge in [0.15, 0.2) is 6.10 Å². The highest BCUT2D eigenvalue weighted by molar-refractivity contribution is 5.98. The molecule has 2 amide bonds. The maximum absolute atomic E-state index is 11.7. The van der Waals surface area contributed by atoms with Crippen LogP contribution >= 0.6 is 0 Å². The summed E-state index contributed by atoms with van der Waals surface area (Å²) in [5.41, 5.74) is 11.1. The molecule has 1 aliphatic rings. The lowest BCUT2D eigenvalue weighted by atomic mass is 10.1. The van der Waals surface area contributed by atoms with E-state index in [1.807, 2.05) is 0 Å². The van der Waals surface area contributed by atoms with Crippen LogP contribution in [0, 0.1) is 0 Å². The molecule has 1 aromatic rings. The van der Waals surface area contributed by atoms with Gasteiger partial charge >= 0.3 is 0 Å². The first-order chi connectivity index (χ1) is 8.08. The molecule has 6 heteroatoms. The molecule has 0 radical (unpaired) electrons. The predicted molar refractivity (Wildman–Crippen MR) is 61.3 cm³/mol. The Hall–Kier alpha value is -2.08. The Labute approximate surface area is 97.9 Å². The second-order valence-corrected chi connectivity index (χ2v) is 3.84. The summed E-state index contributed by atoms with van der Waals surface area (Å²) < 4.78 is 5.47. The van der Waals surface area contributed by atoms with Crippen molar-refractivity contribution in [1.29, 1.82) is 0 Å². The van der Waals surface area contributed by atoms with Gasteiger partial charge in [0, 0.05) is 6.42 Å². The third kappa shape index (κ3) is 2.36. The van der Waals surface area contributed by atoms with Gasteiger partial charge in [0.25, 0.3) is 5.91 Å². The van der Waals surface area contributed by atoms with Crippen molar-refractivity contribution in [1.82, 2.24) is 0 Å². The molecule has 5 N–H and O–H groups in total. The van der Waals surface area contributed by atoms with Crippen LogP contribution in [0.1, 0.15) is 6.42 Å². The molecule has 0 fully saturated rings. The van der Waals surface area contributed by atoms with Crippen molar-refractivity contribution in [3.63, 3.8) is 0 Å². The number of anilines is 1. The van der Waals surface area contributed by atoms with Crippen molar-refractivity contribution in [3.8, 4) is 5.75 Å². The smallest absolute Gasteiger partial charge is 0.265 e. The molecule has 1 aliphatic heterocycles. The van der Waals surface area contributed by atoms with Crippen molar-refractivity contribution in [3.05, 3.63) is 24.3 Å². The van der Waals surface area contributed by atoms with Crippen LogP contribution in [0.4, 0.5) is 5.69 Å². The number of carbonyl (C=O) groups excluding carboxylic acids is 2. The van der Waals surface area contributed by atoms with Gasteiger partial charge in [0.05, 0.1) is 11.7 Å². The minimum absolute atomic E-state index is 0.0650. The van der Waals surface area contributed by atoms with Gasteiger partial charge in [-0.25, -0.2) is 0 Å². The summed E-state index contributed by atoms with van der Waals surface area (Å²) in [6.07, 6.45) is -0.720. The minimum Gasteiger partial charge on any atom is -0.478 e. The Kier molecular flexibility index (Phi) is 2.97. The quantitative estimate of drug-likeness (QED) is 0.661. The summed E-state index contributed by atoms with van der Waals surface area (Å²) in [5.74, 6) is -0.408. The zero-order chi connectivity index (χ0) is 12.4. The average Bonchev–Trinajstić information content (AvgIpc) is 2.29. The number of carbonyl (C=O) groups is 2. The molecule has 0 aromatic heterocycles. The Morgan fingerprint density at radius 3 is 2.88 bits per heavy atom. The molecule has 0 unspecified atom stereocenters. The second kappa shape index (κ2) is 4.42. The predicted octanol–water partition coefficient (Wildman–Crippen LogP) is -0.411. The van der Waals surface area contributed by atoms with E-state index in [2.05, 4.69) is 5.32 Å². The summed E-state index contributed by atoms with van der Waals surface area (Å²) in [4.78, 5) is 22.5. The fraction of sp³-hybridized carbons (Fsp3) is 0.273. The highest BCUT2D eigenvalue weighted by atomic mass is 16.5. The van der Waals surface area contributed by atoms with Gasteiger partial charge in [-0.05, 0) is 12.1 Å². The summed E-state index contributed by atoms with van der Waals surface area (Å²) >= 11 is 0. The standard InChI is InChI=1S/C11H13N3O3/c12-6(10(13)15)5-9-11(16)14-7-3-1-2-4-8(7)17-9/h1-4,6,9H,5,12H2,(H2,13,15)(H,14,16)/t6-,9-/m0/s1. The van der Waals surface area contributed by atoms with Crippen molar-refractivity contribution < 1.29 is 14.3 Å². The number of nitrogens with one attached hydrogen (secondary N) is 1. The van der Waals surface area contributed by atoms with Gasteiger partial charge in [0.1, 0.15) is 5.75 Å². The number of benzene rings is 1. The van der Waals surface area contributed by atoms with Crippen molar-refractivity contribution in [2.24, 2.45) is 11.5 Å². The van der Waals surface area contributed by atoms with E-state index in [9.17, 15) is 9.59 Å². The summed E-state index contributed by atoms with van der Waals surface area (Å²) in [5, 5.41) is 2.68. The number of ether oxygens (including phenoxy) is 1. The minimum atomic E-state index is -0.893. The third-order valence-corrected chi connectivity index (χ3v) is 2.54. The molecule has 17 heavy (non-hydrogen) atoms. The highest BCUT2D eigenvalue weighted by Gasteiger charge is 2.30. The normalized spacial score (nSPS) is 19.8. The van der Waals surface area contributed by atoms with Crippen molar-refractivity contribution in [2.75, 3.05) is 5.32 Å². The lowest BCUT2D eigenvalue weighted by molar-refractivity contribution is -0.125. The molecule has 1 aromatic carbocycles. The summed E-state index contributed by atoms with van der Waals surface area (Å²) in [7, 11) is 0. The Balaban J connectivity index is 2.12. The first-order valence-corrected chi connectivity index (χ1v) is 5.19. The molecule has 2 atom stereocenters. The number of hydrogen-bond acceptors (Lipinski definition) is 4. The van der Waals surface area contributed by atoms with E-state index in [-0.39, 0.29) is 12.3 Å². The summed E-state index contributed by atoms with van der Waals surface area (Å²) in [6.45, 7) is 0. The van der Waals surface area contributed by atoms with E-state index in [0.717, 1.165) is 0 Å². The number of fused-ring (bicyclic) bond motifs is 1. The number of nitrogens with two attached hydrogens (primary N) is 2. The molecule has 0 saturated heterocycles. The molecule has 1 heterocycles. The van der Waals surface area contributed by atoms with Crippen LogP contribution in [0.2, 0.25) is 0 Å². The van der Waals surface area contributed by atoms with E-state index >= 15 is 0 Å². The van der Waals surface area contributed by atoms with Crippen LogP contribution in [0.25, 0.3) is 0 Å². The molecule has 2 rings (SSSR count). The fourth-order valence-electron chi connectivity index (χ4n) is 1.59. The first-order valence-electron chi connectivity index (χ1n) is 5.19. The highest BCUT2D eigenvalue weighted by Crippen LogP contribution is 2.29. The van der Waals surface area contributed by atoms with Crippen molar-refractivity contribution >= 4 is 17.5 Å². The number of rotatable bonds is 3. The molecular weight excluding hydrogens is 222 g/mol. The molecule has 0 bridgehead atoms. The molecule has 0 spiro atoms. The van der Waals surface area contributed by atoms with Crippen LogP contribution in [-0.2, 0) is 9.59 Å². The molecule has 90 valence electrons. The van der Waals surface area contributed by atoms with E-state index < -0.39 is 18.1 Å². The molecular formula is C11H13N3O3. The number of para-hydroxylation sites is 2. The van der Waals surface area contributed by atoms with Gasteiger partial charge in [-0.15, -0.1) is 0 Å². The van der Waals surface area contributed by atoms with Crippen LogP contribution < -0.4 is 21.5 Å². The SMILES string of the molecule is NC(=O)[C@@H](N)C[C@@H]1Oc2ccccc2NC1=O. The number of hydrogen-bond donors (Lipinski definition) is 3. The lowest BCUT2D eigenvalue weighted by Crippen LogP contribution is -2.45. The zero-order valence-electron chi connectivity index (χ0n) is 9.05. The summed E-state index contributed by atoms with van der Waals surface area (Å²) in [6, 6.07) is 6.16. The Bertz CT molecular complexity index is 461. The monoisotopic (exact) mass is 235 g/mol. The van der Waals surface area contributed by atoms with Crippen LogP contribution in [0.15, 0.2) is 24.3 Å². The molecule has 0 aliphatic carbocycles. The Morgan fingerprint density at radius 1 is 1.47 bits per heavy atom. The topological polar surface area (TPSA) is 107 Å². The van der Waals surface area contributed by atoms with Gasteiger partial charge in [-0.2, -0.15) is 0 Å². The van der Waals surface area contributed by atoms with Crippen LogP contribution in [0.5, 0.6) is 5.75 Å². The number of amides is 2. The number of primary amides is 1. The maximum atomic E-state index is 11.7. The maximum Gasteiger partial charge on any atom is 0.265 e. The zero-order valence-corrected chi connectivity index (χ0v) is 9.05. The van der Waals surface area contributed by atoms with E-state index in [0.29, 0.717) is 11.4 Å². The van der Waals surface area contributed by atoms with Crippen LogP contribution in [-0.4, -0.2) is 24.0 Å². The van der Waals surface area contributed by atoms with E-state index in [4.69, 9.17) is 16.2 Å². The van der Waals surface area contributed by atoms with Gasteiger partial charge in [-0.1, -0.05) is 12.1 Å². The largest absolute Gasteiger partial charge is 0.478 e. The van der Waals surface area contributed by atoms with Gasteiger partial charge in [0.2, 0.25) is 5.91 Å². The van der Waals surface area contributed by atoms with Gasteiger partial charge in [-0.3, -0.25) is 9.59 Å². The average molecular weight is 235 g/mol. The van der Waals surface area contributed by atoms with Gasteiger partial charge < -0.3 is 21.5 Å². The Morgan fingerprint density at radius 2 is 2.18 bits per heavy atom. The fourth-order valence-corrected chi connectivity index (χ4v) is 1.59. The van der Waals surface area contributed by atoms with E-state index in [1.54, 1.807) is 24.3 Å². The van der Waals surface area contributed by atoms with Crippen LogP contribution in [0.3, 0.4) is 0 Å². The molecule has 6 nitrogen and oxygen atoms in total. The third-order valence-electron chi connectivity index (χ3n) is 2.54. The van der Waals surface area contributed by atoms with E-state index in [1.165, 1.54) is 0 Å². The van der Waals surface area contributed by atoms with Crippen molar-refractivity contribution in [2.45, 2.75) is 18.6 Å². The lowest BCUT2D eigenvalue weighted by Gasteiger charge is -2.26. The molecule has 0 saturated carbocycles. The second-order valence-electron chi connectivity index (χ2n) is 3.84. The first kappa shape index (κ1) is 11.4.